The highest BCUT2D eigenvalue weighted by Gasteiger charge is 2.59. The molecule has 0 spiro atoms. The van der Waals surface area contributed by atoms with Crippen molar-refractivity contribution in [3.63, 3.8) is 0 Å². The zero-order valence-corrected chi connectivity index (χ0v) is 24.1. The number of rotatable bonds is 5. The van der Waals surface area contributed by atoms with Crippen LogP contribution in [0.5, 0.6) is 0 Å². The summed E-state index contributed by atoms with van der Waals surface area (Å²) in [5.74, 6) is 2.15. The van der Waals surface area contributed by atoms with Gasteiger partial charge in [0.2, 0.25) is 0 Å². The van der Waals surface area contributed by atoms with E-state index in [1.807, 2.05) is 0 Å². The third kappa shape index (κ3) is 4.35. The van der Waals surface area contributed by atoms with E-state index in [4.69, 9.17) is 25.5 Å². The molecule has 0 aliphatic heterocycles. The number of hydrogen-bond acceptors (Lipinski definition) is 3. The predicted octanol–water partition coefficient (Wildman–Crippen LogP) is 8.06. The van der Waals surface area contributed by atoms with Crippen LogP contribution < -0.4 is 0 Å². The Labute approximate surface area is 208 Å². The molecule has 0 aromatic carbocycles. The maximum absolute atomic E-state index is 7.12. The maximum atomic E-state index is 7.12. The third-order valence-electron chi connectivity index (χ3n) is 10.7. The lowest BCUT2D eigenvalue weighted by Crippen LogP contribution is -2.52. The van der Waals surface area contributed by atoms with Gasteiger partial charge < -0.3 is 13.9 Å². The highest BCUT2D eigenvalue weighted by atomic mass is 35.5. The quantitative estimate of drug-likeness (QED) is 0.219. The molecule has 0 radical (unpaired) electrons. The summed E-state index contributed by atoms with van der Waals surface area (Å²) in [5.41, 5.74) is 5.38. The van der Waals surface area contributed by atoms with Crippen molar-refractivity contribution in [2.24, 2.45) is 29.1 Å². The second-order valence-corrected chi connectivity index (χ2v) is 18.1. The van der Waals surface area contributed by atoms with E-state index in [2.05, 4.69) is 46.9 Å². The SMILES string of the molecule is COC1(OC)CCC2=C(C[C@@H](/C=C\Cl)[C@@H]3[C@@H]2CC[C@]2(C)[C@@H](O[Si](C)(C)C(C)(C)C)CC[C@@H]32)C1. The van der Waals surface area contributed by atoms with Gasteiger partial charge in [0.1, 0.15) is 0 Å². The Morgan fingerprint density at radius 1 is 1.06 bits per heavy atom. The first-order chi connectivity index (χ1) is 15.4. The third-order valence-corrected chi connectivity index (χ3v) is 15.3. The van der Waals surface area contributed by atoms with Gasteiger partial charge in [-0.2, -0.15) is 0 Å². The van der Waals surface area contributed by atoms with Crippen LogP contribution in [0.15, 0.2) is 22.8 Å². The van der Waals surface area contributed by atoms with E-state index in [1.54, 1.807) is 30.9 Å². The van der Waals surface area contributed by atoms with Gasteiger partial charge >= 0.3 is 0 Å². The average molecular weight is 495 g/mol. The molecule has 0 N–H and O–H groups in total. The van der Waals surface area contributed by atoms with Crippen molar-refractivity contribution in [1.29, 1.82) is 0 Å². The van der Waals surface area contributed by atoms with Gasteiger partial charge in [0.15, 0.2) is 14.1 Å². The Morgan fingerprint density at radius 2 is 1.76 bits per heavy atom. The van der Waals surface area contributed by atoms with E-state index >= 15 is 0 Å². The van der Waals surface area contributed by atoms with Crippen LogP contribution in [0, 0.1) is 29.1 Å². The molecule has 6 atom stereocenters. The lowest BCUT2D eigenvalue weighted by atomic mass is 9.51. The second kappa shape index (κ2) is 9.07. The number of allylic oxidation sites excluding steroid dienone is 2. The topological polar surface area (TPSA) is 27.7 Å². The van der Waals surface area contributed by atoms with Gasteiger partial charge in [-0.25, -0.2) is 0 Å². The van der Waals surface area contributed by atoms with Crippen molar-refractivity contribution in [2.75, 3.05) is 14.2 Å². The number of fused-ring (bicyclic) bond motifs is 4. The maximum Gasteiger partial charge on any atom is 0.192 e. The molecule has 0 saturated heterocycles. The minimum Gasteiger partial charge on any atom is -0.413 e. The smallest absolute Gasteiger partial charge is 0.192 e. The Morgan fingerprint density at radius 3 is 2.36 bits per heavy atom. The molecule has 0 amide bonds. The molecule has 0 unspecified atom stereocenters. The monoisotopic (exact) mass is 494 g/mol. The average Bonchev–Trinajstić information content (AvgIpc) is 3.08. The predicted molar refractivity (Wildman–Crippen MR) is 140 cm³/mol. The van der Waals surface area contributed by atoms with Gasteiger partial charge in [0.25, 0.3) is 0 Å². The molecule has 3 nitrogen and oxygen atoms in total. The van der Waals surface area contributed by atoms with Crippen molar-refractivity contribution in [3.05, 3.63) is 22.8 Å². The van der Waals surface area contributed by atoms with Crippen LogP contribution >= 0.6 is 11.6 Å². The summed E-state index contributed by atoms with van der Waals surface area (Å²) < 4.78 is 18.9. The highest BCUT2D eigenvalue weighted by molar-refractivity contribution is 6.74. The number of halogens is 1. The number of ether oxygens (including phenoxy) is 2. The van der Waals surface area contributed by atoms with Crippen molar-refractivity contribution in [3.8, 4) is 0 Å². The molecule has 2 saturated carbocycles. The number of methoxy groups -OCH3 is 2. The first kappa shape index (κ1) is 25.9. The standard InChI is InChI=1S/C28H47ClO3Si/c1-26(2,3)33(7,8)32-24-10-9-23-25-19(13-16-29)17-20-18-28(30-5,31-6)15-12-21(20)22(25)11-14-27(23,24)4/h13,16,19,22-25H,9-12,14-15,17-18H2,1-8H3/b16-13-/t19-,22-,23+,24+,25-,27+/m1/s1. The second-order valence-electron chi connectivity index (χ2n) is 13.1. The molecule has 4 aliphatic rings. The molecule has 0 heterocycles. The summed E-state index contributed by atoms with van der Waals surface area (Å²) in [4.78, 5) is 0. The van der Waals surface area contributed by atoms with Gasteiger partial charge in [0.05, 0.1) is 6.10 Å². The molecule has 4 rings (SSSR count). The minimum atomic E-state index is -1.79. The first-order valence-electron chi connectivity index (χ1n) is 13.2. The zero-order valence-electron chi connectivity index (χ0n) is 22.3. The van der Waals surface area contributed by atoms with E-state index in [-0.39, 0.29) is 10.5 Å². The van der Waals surface area contributed by atoms with Crippen molar-refractivity contribution < 1.29 is 13.9 Å². The fourth-order valence-corrected chi connectivity index (χ4v) is 9.34. The van der Waals surface area contributed by atoms with E-state index in [1.165, 1.54) is 25.7 Å². The zero-order chi connectivity index (χ0) is 24.2. The van der Waals surface area contributed by atoms with E-state index in [0.29, 0.717) is 23.9 Å². The van der Waals surface area contributed by atoms with Gasteiger partial charge in [-0.05, 0) is 85.7 Å². The summed E-state index contributed by atoms with van der Waals surface area (Å²) in [6.45, 7) is 14.5. The Balaban J connectivity index is 1.64. The fourth-order valence-electron chi connectivity index (χ4n) is 7.70. The van der Waals surface area contributed by atoms with Crippen LogP contribution in [0.3, 0.4) is 0 Å². The van der Waals surface area contributed by atoms with Gasteiger partial charge in [-0.1, -0.05) is 56.5 Å². The summed E-state index contributed by atoms with van der Waals surface area (Å²) in [6.07, 6.45) is 11.9. The van der Waals surface area contributed by atoms with Crippen molar-refractivity contribution in [2.45, 2.75) is 109 Å². The van der Waals surface area contributed by atoms with Crippen LogP contribution in [0.2, 0.25) is 18.1 Å². The molecular weight excluding hydrogens is 448 g/mol. The largest absolute Gasteiger partial charge is 0.413 e. The first-order valence-corrected chi connectivity index (χ1v) is 16.5. The Kier molecular flexibility index (Phi) is 7.13. The molecule has 0 bridgehead atoms. The van der Waals surface area contributed by atoms with Crippen LogP contribution in [0.1, 0.15) is 79.1 Å². The van der Waals surface area contributed by atoms with Crippen LogP contribution in [-0.4, -0.2) is 34.4 Å². The lowest BCUT2D eigenvalue weighted by molar-refractivity contribution is -0.213. The Bertz CT molecular complexity index is 793. The molecule has 33 heavy (non-hydrogen) atoms. The highest BCUT2D eigenvalue weighted by Crippen LogP contribution is 2.64. The van der Waals surface area contributed by atoms with Crippen molar-refractivity contribution >= 4 is 19.9 Å². The van der Waals surface area contributed by atoms with Gasteiger partial charge in [-0.15, -0.1) is 0 Å². The van der Waals surface area contributed by atoms with Crippen LogP contribution in [0.4, 0.5) is 0 Å². The van der Waals surface area contributed by atoms with Crippen LogP contribution in [-0.2, 0) is 13.9 Å². The molecular formula is C28H47ClO3Si. The van der Waals surface area contributed by atoms with Gasteiger partial charge in [-0.3, -0.25) is 0 Å². The normalized spacial score (nSPS) is 38.9. The number of hydrogen-bond donors (Lipinski definition) is 0. The summed E-state index contributed by atoms with van der Waals surface area (Å²) in [5, 5.41) is 0.254. The van der Waals surface area contributed by atoms with Crippen LogP contribution in [0.25, 0.3) is 0 Å². The van der Waals surface area contributed by atoms with Crippen molar-refractivity contribution in [1.82, 2.24) is 0 Å². The molecule has 0 aromatic heterocycles. The fraction of sp³-hybridized carbons (Fsp3) is 0.857. The molecule has 5 heteroatoms. The van der Waals surface area contributed by atoms with E-state index in [0.717, 1.165) is 31.6 Å². The van der Waals surface area contributed by atoms with E-state index < -0.39 is 14.1 Å². The lowest BCUT2D eigenvalue weighted by Gasteiger charge is -2.56. The minimum absolute atomic E-state index is 0.254. The summed E-state index contributed by atoms with van der Waals surface area (Å²) in [6, 6.07) is 0. The molecule has 0 aromatic rings. The Hall–Kier alpha value is -0.133. The van der Waals surface area contributed by atoms with E-state index in [9.17, 15) is 0 Å². The van der Waals surface area contributed by atoms with Gasteiger partial charge in [0, 0.05) is 32.6 Å². The molecule has 4 aliphatic carbocycles. The summed E-state index contributed by atoms with van der Waals surface area (Å²) >= 11 is 6.23. The molecule has 188 valence electrons. The summed E-state index contributed by atoms with van der Waals surface area (Å²) in [7, 11) is 1.80. The molecule has 2 fully saturated rings.